The first-order chi connectivity index (χ1) is 10.1. The normalized spacial score (nSPS) is 9.95. The Balaban J connectivity index is 2.00. The van der Waals surface area contributed by atoms with Crippen molar-refractivity contribution in [1.82, 2.24) is 15.3 Å². The zero-order valence-electron chi connectivity index (χ0n) is 11.2. The lowest BCUT2D eigenvalue weighted by atomic mass is 10.2. The Labute approximate surface area is 120 Å². The van der Waals surface area contributed by atoms with Gasteiger partial charge in [0, 0.05) is 25.7 Å². The summed E-state index contributed by atoms with van der Waals surface area (Å²) in [4.78, 5) is 30.0. The second kappa shape index (κ2) is 6.42. The number of hydrogen-bond acceptors (Lipinski definition) is 6. The lowest BCUT2D eigenvalue weighted by Crippen LogP contribution is -2.24. The van der Waals surface area contributed by atoms with Gasteiger partial charge in [-0.05, 0) is 5.56 Å². The van der Waals surface area contributed by atoms with Crippen LogP contribution in [-0.2, 0) is 6.54 Å². The molecule has 1 amide bonds. The molecule has 1 aromatic carbocycles. The Morgan fingerprint density at radius 3 is 2.76 bits per heavy atom. The average Bonchev–Trinajstić information content (AvgIpc) is 2.53. The Hall–Kier alpha value is -3.03. The molecule has 0 saturated carbocycles. The number of rotatable bonds is 5. The summed E-state index contributed by atoms with van der Waals surface area (Å²) in [7, 11) is 1.70. The first kappa shape index (κ1) is 14.4. The molecule has 0 aliphatic heterocycles. The number of aromatic nitrogens is 2. The Morgan fingerprint density at radius 2 is 2.14 bits per heavy atom. The fourth-order valence-corrected chi connectivity index (χ4v) is 1.63. The van der Waals surface area contributed by atoms with Crippen molar-refractivity contribution in [2.45, 2.75) is 6.54 Å². The van der Waals surface area contributed by atoms with Crippen molar-refractivity contribution in [2.75, 3.05) is 12.4 Å². The highest BCUT2D eigenvalue weighted by Crippen LogP contribution is 2.12. The lowest BCUT2D eigenvalue weighted by molar-refractivity contribution is -0.384. The molecule has 0 saturated heterocycles. The topological polar surface area (TPSA) is 110 Å². The quantitative estimate of drug-likeness (QED) is 0.634. The third kappa shape index (κ3) is 3.72. The van der Waals surface area contributed by atoms with Crippen LogP contribution >= 0.6 is 0 Å². The van der Waals surface area contributed by atoms with Gasteiger partial charge in [0.15, 0.2) is 0 Å². The minimum Gasteiger partial charge on any atom is -0.372 e. The summed E-state index contributed by atoms with van der Waals surface area (Å²) in [6.45, 7) is 0.177. The van der Waals surface area contributed by atoms with E-state index in [-0.39, 0.29) is 17.9 Å². The predicted molar refractivity (Wildman–Crippen MR) is 75.8 cm³/mol. The number of nitrogens with zero attached hydrogens (tertiary/aromatic N) is 3. The molecule has 8 heteroatoms. The van der Waals surface area contributed by atoms with Gasteiger partial charge < -0.3 is 10.6 Å². The van der Waals surface area contributed by atoms with E-state index >= 15 is 0 Å². The smallest absolute Gasteiger partial charge is 0.271 e. The van der Waals surface area contributed by atoms with E-state index in [0.29, 0.717) is 11.4 Å². The van der Waals surface area contributed by atoms with Crippen LogP contribution in [0.1, 0.15) is 16.1 Å². The molecule has 21 heavy (non-hydrogen) atoms. The van der Waals surface area contributed by atoms with Crippen LogP contribution in [0.25, 0.3) is 0 Å². The zero-order valence-corrected chi connectivity index (χ0v) is 11.2. The number of nitrogens with one attached hydrogen (secondary N) is 2. The molecule has 0 bridgehead atoms. The van der Waals surface area contributed by atoms with Crippen molar-refractivity contribution in [3.8, 4) is 0 Å². The Morgan fingerprint density at radius 1 is 1.33 bits per heavy atom. The monoisotopic (exact) mass is 287 g/mol. The van der Waals surface area contributed by atoms with Crippen molar-refractivity contribution in [2.24, 2.45) is 0 Å². The van der Waals surface area contributed by atoms with Crippen molar-refractivity contribution >= 4 is 17.4 Å². The number of amides is 1. The van der Waals surface area contributed by atoms with Crippen molar-refractivity contribution in [3.05, 3.63) is 58.0 Å². The highest BCUT2D eigenvalue weighted by molar-refractivity contribution is 5.91. The molecule has 0 aliphatic rings. The molecule has 1 heterocycles. The highest BCUT2D eigenvalue weighted by atomic mass is 16.6. The van der Waals surface area contributed by atoms with Crippen molar-refractivity contribution < 1.29 is 9.72 Å². The summed E-state index contributed by atoms with van der Waals surface area (Å²) in [5, 5.41) is 16.1. The van der Waals surface area contributed by atoms with E-state index in [1.165, 1.54) is 24.5 Å². The zero-order chi connectivity index (χ0) is 15.2. The predicted octanol–water partition coefficient (Wildman–Crippen LogP) is 1.36. The van der Waals surface area contributed by atoms with Crippen molar-refractivity contribution in [1.29, 1.82) is 0 Å². The van der Waals surface area contributed by atoms with E-state index in [1.54, 1.807) is 19.2 Å². The number of nitro groups is 1. The Kier molecular flexibility index (Phi) is 4.39. The first-order valence-electron chi connectivity index (χ1n) is 6.11. The van der Waals surface area contributed by atoms with Gasteiger partial charge in [0.05, 0.1) is 17.3 Å². The van der Waals surface area contributed by atoms with Gasteiger partial charge in [0.2, 0.25) is 0 Å². The van der Waals surface area contributed by atoms with Crippen LogP contribution in [0.15, 0.2) is 36.7 Å². The molecular formula is C13H13N5O3. The number of carbonyl (C=O) groups excluding carboxylic acids is 1. The van der Waals surface area contributed by atoms with Gasteiger partial charge in [-0.15, -0.1) is 0 Å². The van der Waals surface area contributed by atoms with Gasteiger partial charge in [-0.3, -0.25) is 14.9 Å². The van der Waals surface area contributed by atoms with Gasteiger partial charge in [-0.2, -0.15) is 0 Å². The van der Waals surface area contributed by atoms with Gasteiger partial charge >= 0.3 is 0 Å². The average molecular weight is 287 g/mol. The van der Waals surface area contributed by atoms with E-state index in [0.717, 1.165) is 0 Å². The molecule has 2 N–H and O–H groups in total. The molecule has 108 valence electrons. The van der Waals surface area contributed by atoms with Crippen LogP contribution < -0.4 is 10.6 Å². The van der Waals surface area contributed by atoms with E-state index in [4.69, 9.17) is 0 Å². The summed E-state index contributed by atoms with van der Waals surface area (Å²) in [5.41, 5.74) is 0.802. The summed E-state index contributed by atoms with van der Waals surface area (Å²) < 4.78 is 0. The molecule has 0 fully saturated rings. The van der Waals surface area contributed by atoms with E-state index in [1.807, 2.05) is 0 Å². The standard InChI is InChI=1S/C13H13N5O3/c1-14-12-8-15-11(7-16-12)13(19)17-6-9-3-2-4-10(5-9)18(20)21/h2-5,7-8H,6H2,1H3,(H,14,16)(H,17,19). The first-order valence-corrected chi connectivity index (χ1v) is 6.11. The lowest BCUT2D eigenvalue weighted by Gasteiger charge is -2.05. The van der Waals surface area contributed by atoms with E-state index in [9.17, 15) is 14.9 Å². The molecule has 0 unspecified atom stereocenters. The highest BCUT2D eigenvalue weighted by Gasteiger charge is 2.09. The Bertz CT molecular complexity index is 657. The maximum atomic E-state index is 11.9. The van der Waals surface area contributed by atoms with Gasteiger partial charge in [-0.1, -0.05) is 12.1 Å². The molecule has 0 aliphatic carbocycles. The SMILES string of the molecule is CNc1cnc(C(=O)NCc2cccc([N+](=O)[O-])c2)cn1. The van der Waals surface area contributed by atoms with E-state index < -0.39 is 10.8 Å². The summed E-state index contributed by atoms with van der Waals surface area (Å²) >= 11 is 0. The molecule has 8 nitrogen and oxygen atoms in total. The third-order valence-corrected chi connectivity index (χ3v) is 2.72. The summed E-state index contributed by atoms with van der Waals surface area (Å²) in [6, 6.07) is 6.08. The van der Waals surface area contributed by atoms with Crippen LogP contribution in [-0.4, -0.2) is 27.8 Å². The fourth-order valence-electron chi connectivity index (χ4n) is 1.63. The van der Waals surface area contributed by atoms with E-state index in [2.05, 4.69) is 20.6 Å². The molecule has 0 radical (unpaired) electrons. The summed E-state index contributed by atoms with van der Waals surface area (Å²) in [6.07, 6.45) is 2.80. The minimum absolute atomic E-state index is 0.0140. The maximum Gasteiger partial charge on any atom is 0.271 e. The van der Waals surface area contributed by atoms with Crippen molar-refractivity contribution in [3.63, 3.8) is 0 Å². The van der Waals surface area contributed by atoms with Gasteiger partial charge in [0.25, 0.3) is 11.6 Å². The van der Waals surface area contributed by atoms with Crippen LogP contribution in [0, 0.1) is 10.1 Å². The molecule has 2 rings (SSSR count). The van der Waals surface area contributed by atoms with Gasteiger partial charge in [0.1, 0.15) is 11.5 Å². The maximum absolute atomic E-state index is 11.9. The van der Waals surface area contributed by atoms with Gasteiger partial charge in [-0.25, -0.2) is 9.97 Å². The van der Waals surface area contributed by atoms with Crippen LogP contribution in [0.3, 0.4) is 0 Å². The molecule has 2 aromatic rings. The minimum atomic E-state index is -0.479. The fraction of sp³-hybridized carbons (Fsp3) is 0.154. The third-order valence-electron chi connectivity index (χ3n) is 2.72. The number of anilines is 1. The molecular weight excluding hydrogens is 274 g/mol. The van der Waals surface area contributed by atoms with Crippen LogP contribution in [0.2, 0.25) is 0 Å². The molecule has 0 spiro atoms. The number of nitro benzene ring substituents is 1. The number of non-ortho nitro benzene ring substituents is 1. The number of hydrogen-bond donors (Lipinski definition) is 2. The molecule has 1 aromatic heterocycles. The number of carbonyl (C=O) groups is 1. The second-order valence-corrected chi connectivity index (χ2v) is 4.15. The second-order valence-electron chi connectivity index (χ2n) is 4.15. The van der Waals surface area contributed by atoms with Crippen LogP contribution in [0.5, 0.6) is 0 Å². The summed E-state index contributed by atoms with van der Waals surface area (Å²) in [5.74, 6) is 0.168. The van der Waals surface area contributed by atoms with Crippen LogP contribution in [0.4, 0.5) is 11.5 Å². The number of benzene rings is 1. The molecule has 0 atom stereocenters. The largest absolute Gasteiger partial charge is 0.372 e.